The first-order chi connectivity index (χ1) is 11.2. The molecule has 4 rings (SSSR count). The highest BCUT2D eigenvalue weighted by Crippen LogP contribution is 2.38. The first-order valence-corrected chi connectivity index (χ1v) is 9.30. The molecule has 6 heteroatoms. The minimum Gasteiger partial charge on any atom is -0.293 e. The van der Waals surface area contributed by atoms with Crippen LogP contribution in [0.25, 0.3) is 0 Å². The topological polar surface area (TPSA) is 51.0 Å². The lowest BCUT2D eigenvalue weighted by atomic mass is 10.2. The van der Waals surface area contributed by atoms with Crippen molar-refractivity contribution < 1.29 is 0 Å². The van der Waals surface area contributed by atoms with Crippen LogP contribution in [0.5, 0.6) is 0 Å². The minimum absolute atomic E-state index is 0.0192. The van der Waals surface area contributed by atoms with Crippen LogP contribution < -0.4 is 5.56 Å². The van der Waals surface area contributed by atoms with Crippen LogP contribution >= 0.6 is 11.3 Å². The number of nitrogens with zero attached hydrogens (tertiary/aromatic N) is 4. The number of rotatable bonds is 5. The first-order valence-electron chi connectivity index (χ1n) is 8.42. The van der Waals surface area contributed by atoms with Gasteiger partial charge >= 0.3 is 0 Å². The molecule has 3 heterocycles. The molecule has 0 aromatic carbocycles. The molecule has 2 aromatic heterocycles. The van der Waals surface area contributed by atoms with Crippen LogP contribution in [-0.4, -0.2) is 32.3 Å². The quantitative estimate of drug-likeness (QED) is 0.845. The van der Waals surface area contributed by atoms with Gasteiger partial charge in [-0.3, -0.25) is 9.69 Å². The Hall–Kier alpha value is -1.53. The van der Waals surface area contributed by atoms with Crippen molar-refractivity contribution in [3.8, 4) is 0 Å². The molecule has 0 spiro atoms. The number of hydrogen-bond donors (Lipinski definition) is 0. The molecule has 23 heavy (non-hydrogen) atoms. The van der Waals surface area contributed by atoms with Gasteiger partial charge in [-0.1, -0.05) is 0 Å². The molecule has 0 bridgehead atoms. The molecule has 122 valence electrons. The molecule has 1 atom stereocenters. The number of likely N-dealkylation sites (tertiary alicyclic amines) is 1. The summed E-state index contributed by atoms with van der Waals surface area (Å²) in [5.41, 5.74) is 2.25. The molecule has 0 amide bonds. The summed E-state index contributed by atoms with van der Waals surface area (Å²) >= 11 is 1.70. The van der Waals surface area contributed by atoms with Gasteiger partial charge in [0.2, 0.25) is 0 Å². The van der Waals surface area contributed by atoms with Crippen LogP contribution in [0.15, 0.2) is 22.3 Å². The highest BCUT2D eigenvalue weighted by Gasteiger charge is 2.28. The third-order valence-corrected chi connectivity index (χ3v) is 5.62. The summed E-state index contributed by atoms with van der Waals surface area (Å²) in [6.45, 7) is 4.70. The van der Waals surface area contributed by atoms with Crippen molar-refractivity contribution in [2.45, 2.75) is 57.7 Å². The van der Waals surface area contributed by atoms with E-state index in [0.717, 1.165) is 35.9 Å². The Kier molecular flexibility index (Phi) is 4.03. The molecule has 2 aromatic rings. The summed E-state index contributed by atoms with van der Waals surface area (Å²) < 4.78 is 1.68. The van der Waals surface area contributed by atoms with Gasteiger partial charge in [-0.15, -0.1) is 11.3 Å². The van der Waals surface area contributed by atoms with E-state index in [1.54, 1.807) is 22.1 Å². The van der Waals surface area contributed by atoms with Crippen LogP contribution in [0.4, 0.5) is 0 Å². The number of thiazole rings is 1. The second-order valence-electron chi connectivity index (χ2n) is 6.68. The highest BCUT2D eigenvalue weighted by atomic mass is 32.1. The zero-order valence-corrected chi connectivity index (χ0v) is 14.3. The number of hydrogen-bond acceptors (Lipinski definition) is 5. The first kappa shape index (κ1) is 15.0. The van der Waals surface area contributed by atoms with Crippen molar-refractivity contribution >= 4 is 11.3 Å². The third kappa shape index (κ3) is 3.38. The van der Waals surface area contributed by atoms with E-state index < -0.39 is 0 Å². The van der Waals surface area contributed by atoms with Crippen molar-refractivity contribution in [2.75, 3.05) is 6.54 Å². The second kappa shape index (κ2) is 6.17. The molecular formula is C17H22N4OS. The van der Waals surface area contributed by atoms with Gasteiger partial charge in [0.05, 0.1) is 22.9 Å². The van der Waals surface area contributed by atoms with E-state index in [1.165, 1.54) is 19.3 Å². The molecule has 2 fully saturated rings. The Labute approximate surface area is 140 Å². The zero-order valence-electron chi connectivity index (χ0n) is 13.4. The maximum atomic E-state index is 12.1. The Balaban J connectivity index is 1.48. The Bertz CT molecular complexity index is 749. The number of aromatic nitrogens is 3. The second-order valence-corrected chi connectivity index (χ2v) is 7.74. The molecule has 1 saturated heterocycles. The van der Waals surface area contributed by atoms with Gasteiger partial charge in [0.1, 0.15) is 0 Å². The SMILES string of the molecule is Cc1nc(CN2CCCC2Cn2nc(C3CC3)ccc2=O)cs1. The Morgan fingerprint density at radius 2 is 2.17 bits per heavy atom. The monoisotopic (exact) mass is 330 g/mol. The molecule has 1 aliphatic carbocycles. The maximum absolute atomic E-state index is 12.1. The average Bonchev–Trinajstić information content (AvgIpc) is 3.18. The maximum Gasteiger partial charge on any atom is 0.266 e. The minimum atomic E-state index is 0.0192. The van der Waals surface area contributed by atoms with Crippen molar-refractivity contribution in [2.24, 2.45) is 0 Å². The normalized spacial score (nSPS) is 21.9. The van der Waals surface area contributed by atoms with Gasteiger partial charge in [-0.05, 0) is 45.2 Å². The fourth-order valence-corrected chi connectivity index (χ4v) is 3.99. The fourth-order valence-electron chi connectivity index (χ4n) is 3.39. The van der Waals surface area contributed by atoms with Crippen molar-refractivity contribution in [3.05, 3.63) is 44.3 Å². The predicted molar refractivity (Wildman–Crippen MR) is 90.8 cm³/mol. The molecule has 5 nitrogen and oxygen atoms in total. The van der Waals surface area contributed by atoms with Crippen LogP contribution in [0.3, 0.4) is 0 Å². The van der Waals surface area contributed by atoms with E-state index in [0.29, 0.717) is 18.5 Å². The molecular weight excluding hydrogens is 308 g/mol. The van der Waals surface area contributed by atoms with E-state index >= 15 is 0 Å². The van der Waals surface area contributed by atoms with E-state index in [1.807, 2.05) is 13.0 Å². The van der Waals surface area contributed by atoms with Crippen LogP contribution in [0, 0.1) is 6.92 Å². The van der Waals surface area contributed by atoms with Crippen LogP contribution in [0.2, 0.25) is 0 Å². The summed E-state index contributed by atoms with van der Waals surface area (Å²) in [6, 6.07) is 3.97. The molecule has 1 aliphatic heterocycles. The van der Waals surface area contributed by atoms with E-state index in [4.69, 9.17) is 0 Å². The van der Waals surface area contributed by atoms with E-state index in [2.05, 4.69) is 20.4 Å². The van der Waals surface area contributed by atoms with Gasteiger partial charge in [0, 0.05) is 30.0 Å². The Morgan fingerprint density at radius 3 is 2.91 bits per heavy atom. The Morgan fingerprint density at radius 1 is 1.30 bits per heavy atom. The van der Waals surface area contributed by atoms with E-state index in [9.17, 15) is 4.79 Å². The average molecular weight is 330 g/mol. The summed E-state index contributed by atoms with van der Waals surface area (Å²) in [5.74, 6) is 0.583. The van der Waals surface area contributed by atoms with Crippen molar-refractivity contribution in [3.63, 3.8) is 0 Å². The predicted octanol–water partition coefficient (Wildman–Crippen LogP) is 2.55. The fraction of sp³-hybridized carbons (Fsp3) is 0.588. The molecule has 2 aliphatic rings. The summed E-state index contributed by atoms with van der Waals surface area (Å²) in [5, 5.41) is 7.87. The van der Waals surface area contributed by atoms with Crippen LogP contribution in [0.1, 0.15) is 48.0 Å². The standard InChI is InChI=1S/C17H22N4OS/c1-12-18-14(11-23-12)9-20-8-2-3-15(20)10-21-17(22)7-6-16(19-21)13-4-5-13/h6-7,11,13,15H,2-5,8-10H2,1H3. The van der Waals surface area contributed by atoms with Crippen LogP contribution in [-0.2, 0) is 13.1 Å². The van der Waals surface area contributed by atoms with Crippen molar-refractivity contribution in [1.82, 2.24) is 19.7 Å². The molecule has 1 unspecified atom stereocenters. The lowest BCUT2D eigenvalue weighted by molar-refractivity contribution is 0.214. The molecule has 0 radical (unpaired) electrons. The highest BCUT2D eigenvalue weighted by molar-refractivity contribution is 7.09. The summed E-state index contributed by atoms with van der Waals surface area (Å²) in [7, 11) is 0. The van der Waals surface area contributed by atoms with Crippen molar-refractivity contribution in [1.29, 1.82) is 0 Å². The molecule has 0 N–H and O–H groups in total. The zero-order chi connectivity index (χ0) is 15.8. The smallest absolute Gasteiger partial charge is 0.266 e. The number of aryl methyl sites for hydroxylation is 1. The van der Waals surface area contributed by atoms with E-state index in [-0.39, 0.29) is 5.56 Å². The van der Waals surface area contributed by atoms with Gasteiger partial charge in [0.25, 0.3) is 5.56 Å². The van der Waals surface area contributed by atoms with Gasteiger partial charge in [-0.25, -0.2) is 9.67 Å². The van der Waals surface area contributed by atoms with Gasteiger partial charge < -0.3 is 0 Å². The summed E-state index contributed by atoms with van der Waals surface area (Å²) in [6.07, 6.45) is 4.74. The largest absolute Gasteiger partial charge is 0.293 e. The summed E-state index contributed by atoms with van der Waals surface area (Å²) in [4.78, 5) is 19.2. The molecule has 1 saturated carbocycles. The lowest BCUT2D eigenvalue weighted by Gasteiger charge is -2.24. The van der Waals surface area contributed by atoms with Gasteiger partial charge in [0.15, 0.2) is 0 Å². The lowest BCUT2D eigenvalue weighted by Crippen LogP contribution is -2.37. The van der Waals surface area contributed by atoms with Gasteiger partial charge in [-0.2, -0.15) is 5.10 Å². The third-order valence-electron chi connectivity index (χ3n) is 4.80.